The average molecular weight is 542 g/mol. The predicted octanol–water partition coefficient (Wildman–Crippen LogP) is 6.17. The second kappa shape index (κ2) is 11.6. The number of anilines is 1. The zero-order chi connectivity index (χ0) is 27.3. The third-order valence-corrected chi connectivity index (χ3v) is 5.82. The summed E-state index contributed by atoms with van der Waals surface area (Å²) in [4.78, 5) is 27.6. The fraction of sp³-hybridized carbons (Fsp3) is 0.320. The van der Waals surface area contributed by atoms with Crippen molar-refractivity contribution in [2.75, 3.05) is 11.9 Å². The van der Waals surface area contributed by atoms with Crippen LogP contribution in [0.15, 0.2) is 42.5 Å². The van der Waals surface area contributed by atoms with Crippen LogP contribution in [-0.2, 0) is 23.8 Å². The number of hydrogen-bond donors (Lipinski definition) is 2. The Bertz CT molecular complexity index is 1270. The molecule has 0 unspecified atom stereocenters. The standard InChI is InChI=1S/C25H24ClF4N3O4/c1-3-14(2)33-16(8-9-37-17-12-21(26)32-22(27)13-17)5-7-20(33)24(36)31-19-10-15(11-23(34)35)4-6-18(19)25(28,29)30/h4-7,10,12-14H,3,8-9,11H2,1-2H3,(H,31,36)(H,34,35)/t14-/m0/s1. The first-order valence-corrected chi connectivity index (χ1v) is 11.7. The number of carbonyl (C=O) groups excluding carboxylic acids is 1. The number of ether oxygens (including phenoxy) is 1. The molecule has 0 fully saturated rings. The van der Waals surface area contributed by atoms with E-state index in [4.69, 9.17) is 21.4 Å². The van der Waals surface area contributed by atoms with Gasteiger partial charge < -0.3 is 19.7 Å². The van der Waals surface area contributed by atoms with E-state index in [1.165, 1.54) is 12.1 Å². The van der Waals surface area contributed by atoms with Crippen LogP contribution in [-0.4, -0.2) is 33.1 Å². The lowest BCUT2D eigenvalue weighted by atomic mass is 10.1. The molecule has 7 nitrogen and oxygen atoms in total. The third-order valence-electron chi connectivity index (χ3n) is 5.62. The number of nitrogens with zero attached hydrogens (tertiary/aromatic N) is 2. The van der Waals surface area contributed by atoms with Gasteiger partial charge in [-0.1, -0.05) is 24.6 Å². The summed E-state index contributed by atoms with van der Waals surface area (Å²) < 4.78 is 61.4. The number of nitrogens with one attached hydrogen (secondary N) is 1. The number of carboxylic acids is 1. The first-order valence-electron chi connectivity index (χ1n) is 11.3. The minimum atomic E-state index is -4.76. The van der Waals surface area contributed by atoms with Gasteiger partial charge in [0.2, 0.25) is 5.95 Å². The SMILES string of the molecule is CC[C@H](C)n1c(CCOc2cc(F)nc(Cl)c2)ccc1C(=O)Nc1cc(CC(=O)O)ccc1C(F)(F)F. The summed E-state index contributed by atoms with van der Waals surface area (Å²) in [7, 11) is 0. The molecule has 0 saturated heterocycles. The smallest absolute Gasteiger partial charge is 0.418 e. The van der Waals surface area contributed by atoms with Crippen molar-refractivity contribution in [1.29, 1.82) is 0 Å². The second-order valence-corrected chi connectivity index (χ2v) is 8.67. The van der Waals surface area contributed by atoms with E-state index in [1.54, 1.807) is 10.6 Å². The molecule has 12 heteroatoms. The Kier molecular flexibility index (Phi) is 8.80. The quantitative estimate of drug-likeness (QED) is 0.237. The molecule has 198 valence electrons. The monoisotopic (exact) mass is 541 g/mol. The fourth-order valence-corrected chi connectivity index (χ4v) is 3.98. The van der Waals surface area contributed by atoms with Crippen molar-refractivity contribution in [2.45, 2.75) is 45.3 Å². The molecule has 2 aromatic heterocycles. The minimum Gasteiger partial charge on any atom is -0.493 e. The number of aromatic nitrogens is 2. The molecule has 0 saturated carbocycles. The molecule has 1 aromatic carbocycles. The Morgan fingerprint density at radius 3 is 2.54 bits per heavy atom. The van der Waals surface area contributed by atoms with Gasteiger partial charge in [-0.15, -0.1) is 0 Å². The van der Waals surface area contributed by atoms with Crippen LogP contribution in [0.25, 0.3) is 0 Å². The van der Waals surface area contributed by atoms with Crippen molar-refractivity contribution in [2.24, 2.45) is 0 Å². The zero-order valence-corrected chi connectivity index (χ0v) is 20.7. The Morgan fingerprint density at radius 1 is 1.19 bits per heavy atom. The number of aliphatic carboxylic acids is 1. The summed E-state index contributed by atoms with van der Waals surface area (Å²) in [5, 5.41) is 11.2. The van der Waals surface area contributed by atoms with Crippen LogP contribution in [0.2, 0.25) is 5.15 Å². The summed E-state index contributed by atoms with van der Waals surface area (Å²) >= 11 is 5.73. The molecule has 2 N–H and O–H groups in total. The molecule has 0 aliphatic heterocycles. The van der Waals surface area contributed by atoms with Crippen LogP contribution in [0.4, 0.5) is 23.2 Å². The van der Waals surface area contributed by atoms with Gasteiger partial charge in [0.05, 0.1) is 24.3 Å². The molecule has 0 bridgehead atoms. The van der Waals surface area contributed by atoms with Gasteiger partial charge in [-0.25, -0.2) is 4.98 Å². The molecule has 1 atom stereocenters. The molecule has 37 heavy (non-hydrogen) atoms. The Balaban J connectivity index is 1.86. The molecule has 3 rings (SSSR count). The lowest BCUT2D eigenvalue weighted by Crippen LogP contribution is -2.22. The lowest BCUT2D eigenvalue weighted by Gasteiger charge is -2.20. The van der Waals surface area contributed by atoms with Crippen LogP contribution in [0.3, 0.4) is 0 Å². The van der Waals surface area contributed by atoms with Crippen molar-refractivity contribution in [3.8, 4) is 5.75 Å². The maximum absolute atomic E-state index is 13.6. The highest BCUT2D eigenvalue weighted by Crippen LogP contribution is 2.36. The van der Waals surface area contributed by atoms with Gasteiger partial charge in [-0.2, -0.15) is 17.6 Å². The van der Waals surface area contributed by atoms with Gasteiger partial charge in [0.25, 0.3) is 5.91 Å². The lowest BCUT2D eigenvalue weighted by molar-refractivity contribution is -0.137. The normalized spacial score (nSPS) is 12.3. The summed E-state index contributed by atoms with van der Waals surface area (Å²) in [6.45, 7) is 3.86. The van der Waals surface area contributed by atoms with Crippen molar-refractivity contribution in [3.63, 3.8) is 0 Å². The maximum Gasteiger partial charge on any atom is 0.418 e. The van der Waals surface area contributed by atoms with Gasteiger partial charge in [0.15, 0.2) is 0 Å². The van der Waals surface area contributed by atoms with Gasteiger partial charge in [0.1, 0.15) is 16.6 Å². The highest BCUT2D eigenvalue weighted by atomic mass is 35.5. The van der Waals surface area contributed by atoms with Gasteiger partial charge in [0, 0.05) is 30.3 Å². The molecule has 3 aromatic rings. The van der Waals surface area contributed by atoms with E-state index in [1.807, 2.05) is 13.8 Å². The second-order valence-electron chi connectivity index (χ2n) is 8.29. The number of hydrogen-bond acceptors (Lipinski definition) is 4. The van der Waals surface area contributed by atoms with E-state index in [9.17, 15) is 27.2 Å². The van der Waals surface area contributed by atoms with Crippen LogP contribution < -0.4 is 10.1 Å². The van der Waals surface area contributed by atoms with Crippen molar-refractivity contribution in [3.05, 3.63) is 76.1 Å². The maximum atomic E-state index is 13.6. The summed E-state index contributed by atoms with van der Waals surface area (Å²) in [6.07, 6.45) is -4.33. The fourth-order valence-electron chi connectivity index (χ4n) is 3.80. The predicted molar refractivity (Wildman–Crippen MR) is 129 cm³/mol. The molecule has 0 spiro atoms. The van der Waals surface area contributed by atoms with E-state index in [2.05, 4.69) is 10.3 Å². The van der Waals surface area contributed by atoms with E-state index in [0.717, 1.165) is 24.3 Å². The van der Waals surface area contributed by atoms with Crippen molar-refractivity contribution >= 4 is 29.2 Å². The van der Waals surface area contributed by atoms with Gasteiger partial charge >= 0.3 is 12.1 Å². The summed E-state index contributed by atoms with van der Waals surface area (Å²) in [6, 6.07) is 8.23. The average Bonchev–Trinajstić information content (AvgIpc) is 3.21. The highest BCUT2D eigenvalue weighted by molar-refractivity contribution is 6.29. The van der Waals surface area contributed by atoms with Crippen LogP contribution in [0.5, 0.6) is 5.75 Å². The van der Waals surface area contributed by atoms with Crippen molar-refractivity contribution < 1.29 is 37.0 Å². The molecule has 0 aliphatic rings. The number of benzene rings is 1. The number of carboxylic acid groups (broad SMARTS) is 1. The van der Waals surface area contributed by atoms with E-state index in [-0.39, 0.29) is 34.8 Å². The number of alkyl halides is 3. The van der Waals surface area contributed by atoms with Gasteiger partial charge in [-0.05, 0) is 43.2 Å². The Morgan fingerprint density at radius 2 is 1.92 bits per heavy atom. The highest BCUT2D eigenvalue weighted by Gasteiger charge is 2.34. The first-order chi connectivity index (χ1) is 17.4. The summed E-state index contributed by atoms with van der Waals surface area (Å²) in [5.74, 6) is -2.62. The van der Waals surface area contributed by atoms with Crippen molar-refractivity contribution in [1.82, 2.24) is 9.55 Å². The van der Waals surface area contributed by atoms with Crippen LogP contribution in [0, 0.1) is 5.95 Å². The number of rotatable bonds is 10. The zero-order valence-electron chi connectivity index (χ0n) is 19.9. The molecule has 2 heterocycles. The summed E-state index contributed by atoms with van der Waals surface area (Å²) in [5.41, 5.74) is -0.711. The number of carbonyl (C=O) groups is 2. The van der Waals surface area contributed by atoms with E-state index < -0.39 is 41.7 Å². The number of amides is 1. The number of pyridine rings is 1. The molecule has 0 aliphatic carbocycles. The Hall–Kier alpha value is -3.60. The van der Waals surface area contributed by atoms with E-state index >= 15 is 0 Å². The van der Waals surface area contributed by atoms with Crippen LogP contribution in [0.1, 0.15) is 53.6 Å². The third kappa shape index (κ3) is 7.22. The van der Waals surface area contributed by atoms with Crippen LogP contribution >= 0.6 is 11.6 Å². The molecule has 0 radical (unpaired) electrons. The molecular formula is C25H24ClF4N3O4. The largest absolute Gasteiger partial charge is 0.493 e. The molecule has 1 amide bonds. The van der Waals surface area contributed by atoms with E-state index in [0.29, 0.717) is 18.5 Å². The van der Waals surface area contributed by atoms with Gasteiger partial charge in [-0.3, -0.25) is 9.59 Å². The first kappa shape index (κ1) is 28.0. The number of halogens is 5. The minimum absolute atomic E-state index is 0.0670. The topological polar surface area (TPSA) is 93.5 Å². The molecular weight excluding hydrogens is 518 g/mol. The Labute approximate surface area is 215 Å².